The first-order valence-corrected chi connectivity index (χ1v) is 13.6. The average molecular weight is 703 g/mol. The summed E-state index contributed by atoms with van der Waals surface area (Å²) in [4.78, 5) is 16.5. The maximum Gasteiger partial charge on any atom is 0.224 e. The van der Waals surface area contributed by atoms with Gasteiger partial charge in [-0.3, -0.25) is 4.79 Å². The van der Waals surface area contributed by atoms with Crippen molar-refractivity contribution in [1.82, 2.24) is 4.98 Å². The van der Waals surface area contributed by atoms with Crippen LogP contribution in [-0.2, 0) is 24.9 Å². The number of aliphatic hydroxyl groups excluding tert-OH is 1. The van der Waals surface area contributed by atoms with Gasteiger partial charge >= 0.3 is 0 Å². The number of nitrogens with zero attached hydrogens (tertiary/aromatic N) is 1. The van der Waals surface area contributed by atoms with Crippen molar-refractivity contribution in [2.24, 2.45) is 10.8 Å². The summed E-state index contributed by atoms with van der Waals surface area (Å²) in [5.74, 6) is 1.57. The minimum Gasteiger partial charge on any atom is -0.512 e. The third-order valence-electron chi connectivity index (χ3n) is 8.08. The maximum atomic E-state index is 12.2. The number of fused-ring (bicyclic) bond motifs is 2. The fourth-order valence-corrected chi connectivity index (χ4v) is 4.14. The largest absolute Gasteiger partial charge is 0.512 e. The van der Waals surface area contributed by atoms with E-state index in [1.807, 2.05) is 84.0 Å². The van der Waals surface area contributed by atoms with Crippen LogP contribution in [0.25, 0.3) is 21.5 Å². The zero-order valence-corrected chi connectivity index (χ0v) is 26.3. The Labute approximate surface area is 246 Å². The fraction of sp³-hybridized carbons (Fsp3) is 0.353. The summed E-state index contributed by atoms with van der Waals surface area (Å²) in [5.41, 5.74) is -0.603. The molecule has 4 aromatic rings. The van der Waals surface area contributed by atoms with Gasteiger partial charge < -0.3 is 9.84 Å². The van der Waals surface area contributed by atoms with Crippen molar-refractivity contribution in [1.29, 1.82) is 0 Å². The van der Waals surface area contributed by atoms with Crippen LogP contribution in [0.4, 0.5) is 0 Å². The van der Waals surface area contributed by atoms with Gasteiger partial charge in [0.2, 0.25) is 5.88 Å². The van der Waals surface area contributed by atoms with Crippen LogP contribution in [0.15, 0.2) is 84.8 Å². The summed E-state index contributed by atoms with van der Waals surface area (Å²) >= 11 is 0. The summed E-state index contributed by atoms with van der Waals surface area (Å²) in [6.07, 6.45) is 6.53. The van der Waals surface area contributed by atoms with Crippen molar-refractivity contribution in [2.75, 3.05) is 0 Å². The number of hydrogen-bond donors (Lipinski definition) is 1. The second kappa shape index (κ2) is 14.4. The first-order valence-electron chi connectivity index (χ1n) is 13.6. The molecule has 1 radical (unpaired) electrons. The normalized spacial score (nSPS) is 11.9. The van der Waals surface area contributed by atoms with Gasteiger partial charge in [-0.1, -0.05) is 65.8 Å². The molecule has 0 bridgehead atoms. The third kappa shape index (κ3) is 7.77. The second-order valence-corrected chi connectivity index (χ2v) is 10.3. The van der Waals surface area contributed by atoms with E-state index in [9.17, 15) is 9.90 Å². The van der Waals surface area contributed by atoms with E-state index < -0.39 is 0 Å². The van der Waals surface area contributed by atoms with Crippen molar-refractivity contribution in [2.45, 2.75) is 67.2 Å². The zero-order chi connectivity index (χ0) is 27.8. The SMILES string of the molecule is CCC(C)(CC)C(=O)/C=C(\O)C(C)(CC)CC.[Ir].[c-]1ccccc1Oc1nccc2cc3ccccc3cc12. The Morgan fingerprint density at radius 3 is 2.03 bits per heavy atom. The number of aliphatic hydroxyl groups is 1. The van der Waals surface area contributed by atoms with E-state index >= 15 is 0 Å². The number of carbonyl (C=O) groups excluding carboxylic acids is 1. The Morgan fingerprint density at radius 2 is 1.46 bits per heavy atom. The molecule has 4 rings (SSSR count). The van der Waals surface area contributed by atoms with E-state index in [0.717, 1.165) is 36.5 Å². The molecule has 0 aliphatic heterocycles. The van der Waals surface area contributed by atoms with Crippen molar-refractivity contribution >= 4 is 27.3 Å². The molecule has 0 spiro atoms. The molecular formula is C34H40IrNO3-. The van der Waals surface area contributed by atoms with E-state index in [4.69, 9.17) is 4.74 Å². The van der Waals surface area contributed by atoms with Crippen LogP contribution in [0.5, 0.6) is 11.6 Å². The van der Waals surface area contributed by atoms with Gasteiger partial charge in [-0.15, -0.1) is 12.1 Å². The number of ether oxygens (including phenoxy) is 1. The molecule has 3 aromatic carbocycles. The summed E-state index contributed by atoms with van der Waals surface area (Å²) in [6, 6.07) is 25.2. The first-order chi connectivity index (χ1) is 18.2. The number of ketones is 1. The maximum absolute atomic E-state index is 12.2. The molecule has 1 aromatic heterocycles. The summed E-state index contributed by atoms with van der Waals surface area (Å²) in [5, 5.41) is 14.7. The number of rotatable bonds is 9. The van der Waals surface area contributed by atoms with Gasteiger partial charge in [0.05, 0.1) is 0 Å². The van der Waals surface area contributed by atoms with Crippen LogP contribution in [0.3, 0.4) is 0 Å². The molecular weight excluding hydrogens is 663 g/mol. The van der Waals surface area contributed by atoms with Crippen molar-refractivity contribution in [3.8, 4) is 11.6 Å². The number of hydrogen-bond acceptors (Lipinski definition) is 4. The number of benzene rings is 3. The smallest absolute Gasteiger partial charge is 0.224 e. The topological polar surface area (TPSA) is 59.4 Å². The van der Waals surface area contributed by atoms with Gasteiger partial charge in [0.1, 0.15) is 5.76 Å². The molecule has 0 unspecified atom stereocenters. The molecule has 0 atom stereocenters. The van der Waals surface area contributed by atoms with Gasteiger partial charge in [-0.05, 0) is 60.0 Å². The summed E-state index contributed by atoms with van der Waals surface area (Å²) in [6.45, 7) is 12.1. The average Bonchev–Trinajstić information content (AvgIpc) is 2.96. The van der Waals surface area contributed by atoms with E-state index in [1.54, 1.807) is 6.20 Å². The van der Waals surface area contributed by atoms with Crippen LogP contribution in [0.2, 0.25) is 0 Å². The van der Waals surface area contributed by atoms with Crippen LogP contribution >= 0.6 is 0 Å². The molecule has 1 N–H and O–H groups in total. The monoisotopic (exact) mass is 703 g/mol. The molecule has 0 aliphatic carbocycles. The van der Waals surface area contributed by atoms with Crippen LogP contribution in [0, 0.1) is 16.9 Å². The van der Waals surface area contributed by atoms with Crippen LogP contribution < -0.4 is 4.74 Å². The zero-order valence-electron chi connectivity index (χ0n) is 23.9. The second-order valence-electron chi connectivity index (χ2n) is 10.3. The molecule has 0 fully saturated rings. The number of para-hydroxylation sites is 1. The summed E-state index contributed by atoms with van der Waals surface area (Å²) < 4.78 is 5.87. The van der Waals surface area contributed by atoms with Crippen LogP contribution in [-0.4, -0.2) is 15.9 Å². The molecule has 0 amide bonds. The van der Waals surface area contributed by atoms with Gasteiger partial charge in [0.15, 0.2) is 5.78 Å². The number of aromatic nitrogens is 1. The van der Waals surface area contributed by atoms with E-state index in [1.165, 1.54) is 16.8 Å². The number of pyridine rings is 1. The Balaban J connectivity index is 0.000000275. The Kier molecular flexibility index (Phi) is 11.9. The minimum atomic E-state index is -0.337. The third-order valence-corrected chi connectivity index (χ3v) is 8.08. The summed E-state index contributed by atoms with van der Waals surface area (Å²) in [7, 11) is 0. The van der Waals surface area contributed by atoms with E-state index in [0.29, 0.717) is 11.6 Å². The van der Waals surface area contributed by atoms with Crippen molar-refractivity contribution in [3.63, 3.8) is 0 Å². The van der Waals surface area contributed by atoms with Crippen LogP contribution in [0.1, 0.15) is 67.2 Å². The molecule has 0 saturated carbocycles. The standard InChI is InChI=1S/C19H12NO.C15H28O2.Ir/c1-2-8-17(9-3-1)21-19-18-13-15-7-5-4-6-14(15)12-16(18)10-11-20-19;1-7-14(5,8-2)12(16)11-13(17)15(6,9-3)10-4;/h1-8,10-13H;11,16H,7-10H2,1-6H3;/q-1;;/b;12-11-;. The molecule has 1 heterocycles. The Morgan fingerprint density at radius 1 is 0.872 bits per heavy atom. The fourth-order valence-electron chi connectivity index (χ4n) is 4.14. The van der Waals surface area contributed by atoms with Gasteiger partial charge in [-0.2, -0.15) is 18.2 Å². The predicted octanol–water partition coefficient (Wildman–Crippen LogP) is 9.63. The van der Waals surface area contributed by atoms with Crippen molar-refractivity contribution in [3.05, 3.63) is 90.8 Å². The van der Waals surface area contributed by atoms with Gasteiger partial charge in [0, 0.05) is 54.3 Å². The molecule has 5 heteroatoms. The first kappa shape index (κ1) is 32.2. The molecule has 209 valence electrons. The molecule has 4 nitrogen and oxygen atoms in total. The molecule has 39 heavy (non-hydrogen) atoms. The molecule has 0 saturated heterocycles. The molecule has 0 aliphatic rings. The number of carbonyl (C=O) groups is 1. The van der Waals surface area contributed by atoms with E-state index in [-0.39, 0.29) is 42.5 Å². The quantitative estimate of drug-likeness (QED) is 0.0817. The van der Waals surface area contributed by atoms with Gasteiger partial charge in [0.25, 0.3) is 0 Å². The number of allylic oxidation sites excluding steroid dienone is 2. The van der Waals surface area contributed by atoms with Crippen molar-refractivity contribution < 1.29 is 34.7 Å². The minimum absolute atomic E-state index is 0. The predicted molar refractivity (Wildman–Crippen MR) is 158 cm³/mol. The van der Waals surface area contributed by atoms with Gasteiger partial charge in [-0.25, -0.2) is 4.98 Å². The van der Waals surface area contributed by atoms with E-state index in [2.05, 4.69) is 35.3 Å². The Hall–Kier alpha value is -3.01. The Bertz CT molecular complexity index is 1390.